The Morgan fingerprint density at radius 1 is 1.33 bits per heavy atom. The molecule has 1 atom stereocenters. The van der Waals surface area contributed by atoms with Gasteiger partial charge < -0.3 is 10.4 Å². The van der Waals surface area contributed by atoms with Crippen LogP contribution in [-0.4, -0.2) is 49.9 Å². The molecule has 4 heterocycles. The van der Waals surface area contributed by atoms with Gasteiger partial charge in [-0.3, -0.25) is 23.7 Å². The minimum absolute atomic E-state index is 0.0425. The Balaban J connectivity index is 1.49. The van der Waals surface area contributed by atoms with Gasteiger partial charge in [0.05, 0.1) is 22.2 Å². The van der Waals surface area contributed by atoms with Crippen LogP contribution < -0.4 is 10.9 Å². The number of rotatable bonds is 3. The van der Waals surface area contributed by atoms with Gasteiger partial charge in [-0.1, -0.05) is 11.6 Å². The van der Waals surface area contributed by atoms with Crippen LogP contribution >= 0.6 is 11.6 Å². The maximum atomic E-state index is 12.3. The normalized spacial score (nSPS) is 22.3. The van der Waals surface area contributed by atoms with Crippen LogP contribution in [0.15, 0.2) is 29.2 Å². The first-order valence-corrected chi connectivity index (χ1v) is 9.18. The molecule has 2 saturated heterocycles. The van der Waals surface area contributed by atoms with E-state index in [2.05, 4.69) is 15.2 Å². The average Bonchev–Trinajstić information content (AvgIpc) is 2.94. The summed E-state index contributed by atoms with van der Waals surface area (Å²) in [7, 11) is 0. The minimum atomic E-state index is -0.926. The molecule has 0 radical (unpaired) electrons. The third-order valence-corrected chi connectivity index (χ3v) is 5.78. The zero-order chi connectivity index (χ0) is 19.2. The van der Waals surface area contributed by atoms with E-state index in [0.29, 0.717) is 48.8 Å². The summed E-state index contributed by atoms with van der Waals surface area (Å²) >= 11 is 5.92. The third kappa shape index (κ3) is 3.30. The number of pyridine rings is 1. The Bertz CT molecular complexity index is 981. The summed E-state index contributed by atoms with van der Waals surface area (Å²) in [5.41, 5.74) is 0.333. The van der Waals surface area contributed by atoms with Crippen molar-refractivity contribution >= 4 is 29.1 Å². The number of carboxylic acids is 1. The number of aliphatic carboxylic acids is 1. The highest BCUT2D eigenvalue weighted by atomic mass is 35.5. The fourth-order valence-electron chi connectivity index (χ4n) is 4.14. The van der Waals surface area contributed by atoms with E-state index in [4.69, 9.17) is 11.6 Å². The lowest BCUT2D eigenvalue weighted by atomic mass is 9.77. The van der Waals surface area contributed by atoms with Crippen LogP contribution in [-0.2, 0) is 16.1 Å². The number of carboxylic acid groups (broad SMARTS) is 1. The Hall–Kier alpha value is -2.45. The van der Waals surface area contributed by atoms with Crippen LogP contribution in [0, 0.1) is 5.92 Å². The number of carbonyl (C=O) groups is 2. The molecule has 2 aromatic rings. The Kier molecular flexibility index (Phi) is 4.39. The summed E-state index contributed by atoms with van der Waals surface area (Å²) in [6, 6.07) is 4.88. The van der Waals surface area contributed by atoms with E-state index in [1.165, 1.54) is 16.7 Å². The predicted molar refractivity (Wildman–Crippen MR) is 97.6 cm³/mol. The standard InChI is InChI=1S/C18H19ClN4O4/c19-11-1-2-14-20-12(7-16(25)23(14)9-11)10-22-5-3-18(4-6-22)13(17(26)27)8-15(24)21-18/h1-2,7,9,13H,3-6,8,10H2,(H,21,24)(H,26,27)/t13-/m1/s1. The van der Waals surface area contributed by atoms with E-state index in [1.54, 1.807) is 12.1 Å². The number of hydrogen-bond acceptors (Lipinski definition) is 5. The Labute approximate surface area is 159 Å². The number of likely N-dealkylation sites (tertiary alicyclic amines) is 1. The molecule has 1 amide bonds. The predicted octanol–water partition coefficient (Wildman–Crippen LogP) is 0.903. The molecule has 2 aliphatic heterocycles. The number of piperidine rings is 1. The van der Waals surface area contributed by atoms with Crippen LogP contribution in [0.3, 0.4) is 0 Å². The van der Waals surface area contributed by atoms with Gasteiger partial charge in [-0.15, -0.1) is 0 Å². The van der Waals surface area contributed by atoms with Crippen molar-refractivity contribution < 1.29 is 14.7 Å². The molecule has 0 aliphatic carbocycles. The second-order valence-electron chi connectivity index (χ2n) is 7.24. The monoisotopic (exact) mass is 390 g/mol. The van der Waals surface area contributed by atoms with Gasteiger partial charge in [0.1, 0.15) is 5.65 Å². The van der Waals surface area contributed by atoms with Gasteiger partial charge in [0.25, 0.3) is 5.56 Å². The largest absolute Gasteiger partial charge is 0.481 e. The van der Waals surface area contributed by atoms with E-state index in [-0.39, 0.29) is 17.9 Å². The molecule has 2 aromatic heterocycles. The smallest absolute Gasteiger partial charge is 0.309 e. The lowest BCUT2D eigenvalue weighted by Gasteiger charge is -2.41. The van der Waals surface area contributed by atoms with Gasteiger partial charge in [-0.2, -0.15) is 0 Å². The molecule has 1 spiro atoms. The van der Waals surface area contributed by atoms with Gasteiger partial charge >= 0.3 is 5.97 Å². The quantitative estimate of drug-likeness (QED) is 0.807. The summed E-state index contributed by atoms with van der Waals surface area (Å²) < 4.78 is 1.41. The molecule has 0 bridgehead atoms. The minimum Gasteiger partial charge on any atom is -0.481 e. The van der Waals surface area contributed by atoms with E-state index >= 15 is 0 Å². The molecular formula is C18H19ClN4O4. The van der Waals surface area contributed by atoms with Crippen LogP contribution in [0.1, 0.15) is 25.0 Å². The van der Waals surface area contributed by atoms with Gasteiger partial charge in [0.15, 0.2) is 0 Å². The first kappa shape index (κ1) is 17.9. The molecule has 4 rings (SSSR count). The SMILES string of the molecule is O=C1C[C@H](C(=O)O)C2(CCN(Cc3cc(=O)n4cc(Cl)ccc4n3)CC2)N1. The summed E-state index contributed by atoms with van der Waals surface area (Å²) in [6.45, 7) is 1.76. The molecule has 142 valence electrons. The van der Waals surface area contributed by atoms with Gasteiger partial charge in [-0.05, 0) is 25.0 Å². The zero-order valence-corrected chi connectivity index (χ0v) is 15.3. The fraction of sp³-hybridized carbons (Fsp3) is 0.444. The summed E-state index contributed by atoms with van der Waals surface area (Å²) in [4.78, 5) is 42.2. The molecule has 2 N–H and O–H groups in total. The van der Waals surface area contributed by atoms with Gasteiger partial charge in [-0.25, -0.2) is 4.98 Å². The molecule has 2 aliphatic rings. The second kappa shape index (κ2) is 6.61. The highest BCUT2D eigenvalue weighted by molar-refractivity contribution is 6.30. The van der Waals surface area contributed by atoms with Crippen molar-refractivity contribution in [2.75, 3.05) is 13.1 Å². The molecular weight excluding hydrogens is 372 g/mol. The van der Waals surface area contributed by atoms with Gasteiger partial charge in [0.2, 0.25) is 5.91 Å². The van der Waals surface area contributed by atoms with Crippen LogP contribution in [0.4, 0.5) is 0 Å². The Morgan fingerprint density at radius 3 is 2.78 bits per heavy atom. The maximum Gasteiger partial charge on any atom is 0.309 e. The van der Waals surface area contributed by atoms with E-state index in [1.807, 2.05) is 0 Å². The van der Waals surface area contributed by atoms with Crippen molar-refractivity contribution in [3.05, 3.63) is 45.5 Å². The molecule has 0 unspecified atom stereocenters. The number of amides is 1. The average molecular weight is 391 g/mol. The third-order valence-electron chi connectivity index (χ3n) is 5.55. The maximum absolute atomic E-state index is 12.3. The molecule has 8 nitrogen and oxygen atoms in total. The van der Waals surface area contributed by atoms with Crippen molar-refractivity contribution in [3.63, 3.8) is 0 Å². The van der Waals surface area contributed by atoms with Crippen molar-refractivity contribution in [2.45, 2.75) is 31.3 Å². The van der Waals surface area contributed by atoms with E-state index in [9.17, 15) is 19.5 Å². The van der Waals surface area contributed by atoms with Crippen LogP contribution in [0.25, 0.3) is 5.65 Å². The molecule has 2 fully saturated rings. The molecule has 9 heteroatoms. The van der Waals surface area contributed by atoms with Crippen LogP contribution in [0.2, 0.25) is 5.02 Å². The zero-order valence-electron chi connectivity index (χ0n) is 14.5. The number of fused-ring (bicyclic) bond motifs is 1. The second-order valence-corrected chi connectivity index (χ2v) is 7.67. The molecule has 0 saturated carbocycles. The fourth-order valence-corrected chi connectivity index (χ4v) is 4.30. The van der Waals surface area contributed by atoms with Crippen molar-refractivity contribution in [3.8, 4) is 0 Å². The number of carbonyl (C=O) groups excluding carboxylic acids is 1. The number of halogens is 1. The van der Waals surface area contributed by atoms with Crippen molar-refractivity contribution in [1.82, 2.24) is 19.6 Å². The molecule has 27 heavy (non-hydrogen) atoms. The van der Waals surface area contributed by atoms with Gasteiger partial charge in [0, 0.05) is 38.3 Å². The number of nitrogens with one attached hydrogen (secondary N) is 1. The highest BCUT2D eigenvalue weighted by Gasteiger charge is 2.51. The number of hydrogen-bond donors (Lipinski definition) is 2. The van der Waals surface area contributed by atoms with E-state index in [0.717, 1.165) is 0 Å². The number of aromatic nitrogens is 2. The first-order valence-electron chi connectivity index (χ1n) is 8.80. The van der Waals surface area contributed by atoms with Crippen molar-refractivity contribution in [2.24, 2.45) is 5.92 Å². The highest BCUT2D eigenvalue weighted by Crippen LogP contribution is 2.37. The van der Waals surface area contributed by atoms with E-state index < -0.39 is 17.4 Å². The van der Waals surface area contributed by atoms with Crippen molar-refractivity contribution in [1.29, 1.82) is 0 Å². The number of nitrogens with zero attached hydrogens (tertiary/aromatic N) is 3. The first-order chi connectivity index (χ1) is 12.9. The van der Waals surface area contributed by atoms with Crippen LogP contribution in [0.5, 0.6) is 0 Å². The summed E-state index contributed by atoms with van der Waals surface area (Å²) in [5.74, 6) is -1.80. The lowest BCUT2D eigenvalue weighted by Crippen LogP contribution is -2.55. The summed E-state index contributed by atoms with van der Waals surface area (Å²) in [6.07, 6.45) is 2.71. The Morgan fingerprint density at radius 2 is 2.07 bits per heavy atom. The summed E-state index contributed by atoms with van der Waals surface area (Å²) in [5, 5.41) is 12.8. The molecule has 0 aromatic carbocycles. The topological polar surface area (TPSA) is 104 Å². The lowest BCUT2D eigenvalue weighted by molar-refractivity contribution is -0.144.